The minimum absolute atomic E-state index is 0.305. The Bertz CT molecular complexity index is 411. The summed E-state index contributed by atoms with van der Waals surface area (Å²) in [6, 6.07) is 0.935. The SMILES string of the molecule is O=C(C1CC2C=CC1C2)N1C2C=CCC1CC2. The number of carbonyl (C=O) groups is 1. The van der Waals surface area contributed by atoms with Crippen molar-refractivity contribution in [1.82, 2.24) is 4.90 Å². The van der Waals surface area contributed by atoms with E-state index >= 15 is 0 Å². The molecule has 2 fully saturated rings. The van der Waals surface area contributed by atoms with Crippen molar-refractivity contribution < 1.29 is 4.79 Å². The summed E-state index contributed by atoms with van der Waals surface area (Å²) in [5.41, 5.74) is 0. The van der Waals surface area contributed by atoms with Gasteiger partial charge in [0.2, 0.25) is 5.91 Å². The first-order chi connectivity index (χ1) is 8.33. The molecule has 2 nitrogen and oxygen atoms in total. The maximum atomic E-state index is 12.7. The van der Waals surface area contributed by atoms with E-state index in [1.54, 1.807) is 0 Å². The van der Waals surface area contributed by atoms with Crippen LogP contribution in [-0.4, -0.2) is 22.9 Å². The van der Waals surface area contributed by atoms with Gasteiger partial charge in [-0.25, -0.2) is 0 Å². The Morgan fingerprint density at radius 3 is 2.76 bits per heavy atom. The fraction of sp³-hybridized carbons (Fsp3) is 0.667. The Morgan fingerprint density at radius 2 is 2.06 bits per heavy atom. The van der Waals surface area contributed by atoms with Crippen molar-refractivity contribution in [3.8, 4) is 0 Å². The Morgan fingerprint density at radius 1 is 1.12 bits per heavy atom. The van der Waals surface area contributed by atoms with Gasteiger partial charge in [-0.15, -0.1) is 0 Å². The van der Waals surface area contributed by atoms with Crippen molar-refractivity contribution in [2.24, 2.45) is 17.8 Å². The van der Waals surface area contributed by atoms with Crippen LogP contribution in [0, 0.1) is 17.8 Å². The number of hydrogen-bond donors (Lipinski definition) is 0. The molecule has 4 rings (SSSR count). The lowest BCUT2D eigenvalue weighted by Gasteiger charge is -2.35. The van der Waals surface area contributed by atoms with Crippen LogP contribution >= 0.6 is 0 Å². The third-order valence-corrected chi connectivity index (χ3v) is 5.16. The number of rotatable bonds is 1. The highest BCUT2D eigenvalue weighted by atomic mass is 16.2. The zero-order valence-corrected chi connectivity index (χ0v) is 10.1. The predicted octanol–water partition coefficient (Wildman–Crippen LogP) is 2.52. The summed E-state index contributed by atoms with van der Waals surface area (Å²) in [7, 11) is 0. The van der Waals surface area contributed by atoms with E-state index in [9.17, 15) is 4.79 Å². The van der Waals surface area contributed by atoms with Gasteiger partial charge >= 0.3 is 0 Å². The first-order valence-electron chi connectivity index (χ1n) is 7.00. The summed E-state index contributed by atoms with van der Waals surface area (Å²) in [5.74, 6) is 2.02. The summed E-state index contributed by atoms with van der Waals surface area (Å²) < 4.78 is 0. The minimum atomic E-state index is 0.305. The standard InChI is InChI=1S/C15H19NO/c17-15(14-9-10-4-5-11(14)8-10)16-12-2-1-3-13(16)7-6-12/h1-2,4-5,10-14H,3,6-9H2. The molecule has 17 heavy (non-hydrogen) atoms. The largest absolute Gasteiger partial charge is 0.333 e. The number of hydrogen-bond acceptors (Lipinski definition) is 1. The molecule has 0 aromatic heterocycles. The van der Waals surface area contributed by atoms with Crippen LogP contribution < -0.4 is 0 Å². The molecule has 2 aliphatic heterocycles. The van der Waals surface area contributed by atoms with Crippen LogP contribution in [0.2, 0.25) is 0 Å². The van der Waals surface area contributed by atoms with Crippen molar-refractivity contribution >= 4 is 5.91 Å². The Hall–Kier alpha value is -1.05. The van der Waals surface area contributed by atoms with E-state index in [2.05, 4.69) is 29.2 Å². The molecule has 4 bridgehead atoms. The predicted molar refractivity (Wildman–Crippen MR) is 66.3 cm³/mol. The summed E-state index contributed by atoms with van der Waals surface area (Å²) in [4.78, 5) is 14.9. The molecule has 2 heteroatoms. The van der Waals surface area contributed by atoms with Crippen LogP contribution in [-0.2, 0) is 4.79 Å². The van der Waals surface area contributed by atoms with Crippen LogP contribution in [0.1, 0.15) is 32.1 Å². The first-order valence-corrected chi connectivity index (χ1v) is 7.00. The lowest BCUT2D eigenvalue weighted by Crippen LogP contribution is -2.46. The van der Waals surface area contributed by atoms with Gasteiger partial charge in [-0.05, 0) is 43.9 Å². The number of amides is 1. The zero-order valence-electron chi connectivity index (χ0n) is 10.1. The molecular weight excluding hydrogens is 210 g/mol. The second-order valence-electron chi connectivity index (χ2n) is 6.09. The van der Waals surface area contributed by atoms with Crippen LogP contribution in [0.25, 0.3) is 0 Å². The van der Waals surface area contributed by atoms with Crippen LogP contribution in [0.4, 0.5) is 0 Å². The molecule has 90 valence electrons. The fourth-order valence-corrected chi connectivity index (χ4v) is 4.32. The van der Waals surface area contributed by atoms with Gasteiger partial charge in [0.15, 0.2) is 0 Å². The van der Waals surface area contributed by atoms with Crippen molar-refractivity contribution in [3.63, 3.8) is 0 Å². The summed E-state index contributed by atoms with van der Waals surface area (Å²) in [6.45, 7) is 0. The summed E-state index contributed by atoms with van der Waals surface area (Å²) in [5, 5.41) is 0. The third kappa shape index (κ3) is 1.36. The van der Waals surface area contributed by atoms with Gasteiger partial charge in [-0.1, -0.05) is 24.3 Å². The molecule has 5 unspecified atom stereocenters. The van der Waals surface area contributed by atoms with E-state index in [0.717, 1.165) is 12.8 Å². The average Bonchev–Trinajstić information content (AvgIpc) is 3.02. The van der Waals surface area contributed by atoms with Gasteiger partial charge in [0, 0.05) is 12.0 Å². The van der Waals surface area contributed by atoms with Crippen molar-refractivity contribution in [2.45, 2.75) is 44.2 Å². The summed E-state index contributed by atoms with van der Waals surface area (Å²) in [6.07, 6.45) is 15.0. The molecule has 1 saturated carbocycles. The zero-order chi connectivity index (χ0) is 11.4. The Kier molecular flexibility index (Phi) is 2.03. The lowest BCUT2D eigenvalue weighted by molar-refractivity contribution is -0.138. The van der Waals surface area contributed by atoms with E-state index in [-0.39, 0.29) is 0 Å². The number of fused-ring (bicyclic) bond motifs is 4. The van der Waals surface area contributed by atoms with Gasteiger partial charge < -0.3 is 4.90 Å². The van der Waals surface area contributed by atoms with Crippen LogP contribution in [0.5, 0.6) is 0 Å². The molecule has 0 aromatic rings. The molecular formula is C15H19NO. The quantitative estimate of drug-likeness (QED) is 0.633. The van der Waals surface area contributed by atoms with E-state index in [0.29, 0.717) is 35.7 Å². The molecule has 4 aliphatic rings. The topological polar surface area (TPSA) is 20.3 Å². The van der Waals surface area contributed by atoms with Gasteiger partial charge in [0.1, 0.15) is 0 Å². The van der Waals surface area contributed by atoms with E-state index in [1.165, 1.54) is 19.3 Å². The smallest absolute Gasteiger partial charge is 0.227 e. The molecule has 0 spiro atoms. The van der Waals surface area contributed by atoms with Crippen molar-refractivity contribution in [1.29, 1.82) is 0 Å². The maximum Gasteiger partial charge on any atom is 0.227 e. The Labute approximate surface area is 102 Å². The number of allylic oxidation sites excluding steroid dienone is 2. The van der Waals surface area contributed by atoms with Gasteiger partial charge in [-0.2, -0.15) is 0 Å². The van der Waals surface area contributed by atoms with Gasteiger partial charge in [-0.3, -0.25) is 4.79 Å². The Balaban J connectivity index is 1.58. The average molecular weight is 229 g/mol. The number of carbonyl (C=O) groups excluding carboxylic acids is 1. The normalized spacial score (nSPS) is 45.9. The maximum absolute atomic E-state index is 12.7. The molecule has 5 atom stereocenters. The third-order valence-electron chi connectivity index (χ3n) is 5.16. The van der Waals surface area contributed by atoms with Crippen molar-refractivity contribution in [3.05, 3.63) is 24.3 Å². The van der Waals surface area contributed by atoms with Crippen molar-refractivity contribution in [2.75, 3.05) is 0 Å². The lowest BCUT2D eigenvalue weighted by atomic mass is 9.91. The monoisotopic (exact) mass is 229 g/mol. The molecule has 0 aromatic carbocycles. The number of nitrogens with zero attached hydrogens (tertiary/aromatic N) is 1. The van der Waals surface area contributed by atoms with Gasteiger partial charge in [0.05, 0.1) is 6.04 Å². The van der Waals surface area contributed by atoms with E-state index < -0.39 is 0 Å². The van der Waals surface area contributed by atoms with E-state index in [4.69, 9.17) is 0 Å². The molecule has 0 radical (unpaired) electrons. The van der Waals surface area contributed by atoms with Gasteiger partial charge in [0.25, 0.3) is 0 Å². The molecule has 2 heterocycles. The highest BCUT2D eigenvalue weighted by Crippen LogP contribution is 2.45. The highest BCUT2D eigenvalue weighted by molar-refractivity contribution is 5.81. The van der Waals surface area contributed by atoms with Crippen LogP contribution in [0.15, 0.2) is 24.3 Å². The highest BCUT2D eigenvalue weighted by Gasteiger charge is 2.46. The minimum Gasteiger partial charge on any atom is -0.333 e. The second kappa shape index (κ2) is 3.47. The molecule has 2 aliphatic carbocycles. The fourth-order valence-electron chi connectivity index (χ4n) is 4.32. The summed E-state index contributed by atoms with van der Waals surface area (Å²) >= 11 is 0. The molecule has 1 amide bonds. The second-order valence-corrected chi connectivity index (χ2v) is 6.09. The molecule has 0 N–H and O–H groups in total. The first kappa shape index (κ1) is 9.93. The van der Waals surface area contributed by atoms with Crippen LogP contribution in [0.3, 0.4) is 0 Å². The van der Waals surface area contributed by atoms with E-state index in [1.807, 2.05) is 0 Å². The molecule has 1 saturated heterocycles.